The molecule has 1 fully saturated rings. The highest BCUT2D eigenvalue weighted by Gasteiger charge is 2.27. The molecule has 34 heavy (non-hydrogen) atoms. The Morgan fingerprint density at radius 1 is 1.03 bits per heavy atom. The average molecular weight is 468 g/mol. The molecule has 1 atom stereocenters. The number of likely N-dealkylation sites (tertiary alicyclic amines) is 1. The van der Waals surface area contributed by atoms with Crippen molar-refractivity contribution in [1.29, 1.82) is 0 Å². The van der Waals surface area contributed by atoms with Crippen molar-refractivity contribution in [2.75, 3.05) is 34.4 Å². The van der Waals surface area contributed by atoms with Crippen molar-refractivity contribution in [3.8, 4) is 34.4 Å². The lowest BCUT2D eigenvalue weighted by molar-refractivity contribution is 0.0521. The molecule has 1 N–H and O–H groups in total. The van der Waals surface area contributed by atoms with Gasteiger partial charge in [0.05, 0.1) is 33.6 Å². The molecular formula is C24H29N5O5. The molecule has 1 aliphatic rings. The summed E-state index contributed by atoms with van der Waals surface area (Å²) in [7, 11) is 4.66. The topological polar surface area (TPSA) is 112 Å². The predicted molar refractivity (Wildman–Crippen MR) is 125 cm³/mol. The molecule has 1 aromatic carbocycles. The van der Waals surface area contributed by atoms with Crippen LogP contribution in [0.15, 0.2) is 24.3 Å². The zero-order valence-electron chi connectivity index (χ0n) is 20.0. The molecule has 3 heterocycles. The number of ether oxygens (including phenoxy) is 4. The minimum absolute atomic E-state index is 0.130. The maximum absolute atomic E-state index is 13.2. The average Bonchev–Trinajstić information content (AvgIpc) is 3.32. The third-order valence-corrected chi connectivity index (χ3v) is 5.66. The van der Waals surface area contributed by atoms with Gasteiger partial charge in [0.2, 0.25) is 11.6 Å². The monoisotopic (exact) mass is 467 g/mol. The van der Waals surface area contributed by atoms with Gasteiger partial charge in [-0.1, -0.05) is 0 Å². The van der Waals surface area contributed by atoms with Crippen LogP contribution in [0.2, 0.25) is 0 Å². The Morgan fingerprint density at radius 2 is 1.76 bits per heavy atom. The number of H-pyrrole nitrogens is 1. The number of hydrogen-bond acceptors (Lipinski definition) is 8. The lowest BCUT2D eigenvalue weighted by Gasteiger charge is -2.32. The number of benzene rings is 1. The van der Waals surface area contributed by atoms with Gasteiger partial charge in [0.25, 0.3) is 5.91 Å². The van der Waals surface area contributed by atoms with E-state index in [1.807, 2.05) is 19.9 Å². The van der Waals surface area contributed by atoms with Gasteiger partial charge in [-0.3, -0.25) is 9.89 Å². The zero-order chi connectivity index (χ0) is 24.2. The molecule has 1 saturated heterocycles. The van der Waals surface area contributed by atoms with Crippen molar-refractivity contribution in [1.82, 2.24) is 25.1 Å². The van der Waals surface area contributed by atoms with Gasteiger partial charge in [-0.15, -0.1) is 0 Å². The maximum Gasteiger partial charge on any atom is 0.272 e. The van der Waals surface area contributed by atoms with Crippen LogP contribution in [0.25, 0.3) is 11.3 Å². The van der Waals surface area contributed by atoms with Crippen molar-refractivity contribution in [2.45, 2.75) is 32.8 Å². The van der Waals surface area contributed by atoms with E-state index in [2.05, 4.69) is 20.2 Å². The van der Waals surface area contributed by atoms with Crippen LogP contribution in [-0.4, -0.2) is 71.5 Å². The van der Waals surface area contributed by atoms with E-state index in [1.165, 1.54) is 0 Å². The fourth-order valence-corrected chi connectivity index (χ4v) is 4.11. The Bertz CT molecular complexity index is 1130. The van der Waals surface area contributed by atoms with E-state index in [-0.39, 0.29) is 12.0 Å². The van der Waals surface area contributed by atoms with Crippen molar-refractivity contribution >= 4 is 5.91 Å². The third-order valence-electron chi connectivity index (χ3n) is 5.66. The van der Waals surface area contributed by atoms with Crippen LogP contribution in [0.1, 0.15) is 34.8 Å². The molecule has 0 bridgehead atoms. The Hall–Kier alpha value is -3.82. The normalized spacial score (nSPS) is 15.7. The highest BCUT2D eigenvalue weighted by Crippen LogP contribution is 2.40. The Labute approximate surface area is 198 Å². The standard InChI is InChI=1S/C24H29N5O5/c1-14-9-22(26-15(2)25-14)34-17-7-6-8-29(13-17)24(30)19-12-18(27-28-19)16-10-20(31-3)23(33-5)21(11-16)32-4/h9-12,17H,6-8,13H2,1-5H3,(H,27,28). The fourth-order valence-electron chi connectivity index (χ4n) is 4.11. The van der Waals surface area contributed by atoms with Gasteiger partial charge in [-0.25, -0.2) is 4.98 Å². The van der Waals surface area contributed by atoms with E-state index in [0.717, 1.165) is 24.1 Å². The fraction of sp³-hybridized carbons (Fsp3) is 0.417. The van der Waals surface area contributed by atoms with Gasteiger partial charge < -0.3 is 23.8 Å². The van der Waals surface area contributed by atoms with Crippen molar-refractivity contribution in [3.63, 3.8) is 0 Å². The molecule has 0 radical (unpaired) electrons. The molecular weight excluding hydrogens is 438 g/mol. The lowest BCUT2D eigenvalue weighted by Crippen LogP contribution is -2.44. The van der Waals surface area contributed by atoms with Crippen LogP contribution < -0.4 is 18.9 Å². The first-order chi connectivity index (χ1) is 16.4. The number of carbonyl (C=O) groups is 1. The summed E-state index contributed by atoms with van der Waals surface area (Å²) in [5.41, 5.74) is 2.58. The molecule has 180 valence electrons. The first-order valence-corrected chi connectivity index (χ1v) is 11.1. The first kappa shape index (κ1) is 23.3. The number of methoxy groups -OCH3 is 3. The second-order valence-corrected chi connectivity index (χ2v) is 8.11. The summed E-state index contributed by atoms with van der Waals surface area (Å²) in [6.45, 7) is 4.86. The Kier molecular flexibility index (Phi) is 6.85. The van der Waals surface area contributed by atoms with Gasteiger partial charge in [0, 0.05) is 23.9 Å². The molecule has 4 rings (SSSR count). The number of carbonyl (C=O) groups excluding carboxylic acids is 1. The van der Waals surface area contributed by atoms with Crippen LogP contribution in [0.5, 0.6) is 23.1 Å². The highest BCUT2D eigenvalue weighted by molar-refractivity contribution is 5.93. The number of aryl methyl sites for hydroxylation is 2. The Balaban J connectivity index is 1.50. The first-order valence-electron chi connectivity index (χ1n) is 11.1. The van der Waals surface area contributed by atoms with E-state index in [9.17, 15) is 4.79 Å². The molecule has 0 saturated carbocycles. The van der Waals surface area contributed by atoms with Gasteiger partial charge >= 0.3 is 0 Å². The number of piperidine rings is 1. The summed E-state index contributed by atoms with van der Waals surface area (Å²) in [6.07, 6.45) is 1.56. The quantitative estimate of drug-likeness (QED) is 0.564. The number of nitrogens with one attached hydrogen (secondary N) is 1. The van der Waals surface area contributed by atoms with Crippen LogP contribution >= 0.6 is 0 Å². The SMILES string of the molecule is COc1cc(-c2cc(C(=O)N3CCCC(Oc4cc(C)nc(C)n4)C3)[nH]n2)cc(OC)c1OC. The van der Waals surface area contributed by atoms with Crippen LogP contribution in [0, 0.1) is 13.8 Å². The zero-order valence-corrected chi connectivity index (χ0v) is 20.0. The van der Waals surface area contributed by atoms with Crippen molar-refractivity contribution in [3.05, 3.63) is 41.5 Å². The predicted octanol–water partition coefficient (Wildman–Crippen LogP) is 3.19. The number of aromatic nitrogens is 4. The summed E-state index contributed by atoms with van der Waals surface area (Å²) in [4.78, 5) is 23.6. The number of aromatic amines is 1. The molecule has 2 aromatic heterocycles. The molecule has 0 spiro atoms. The van der Waals surface area contributed by atoms with Crippen molar-refractivity contribution < 1.29 is 23.7 Å². The molecule has 1 amide bonds. The second-order valence-electron chi connectivity index (χ2n) is 8.11. The molecule has 0 aliphatic carbocycles. The minimum Gasteiger partial charge on any atom is -0.493 e. The third kappa shape index (κ3) is 4.90. The largest absolute Gasteiger partial charge is 0.493 e. The van der Waals surface area contributed by atoms with Gasteiger partial charge in [0.15, 0.2) is 11.5 Å². The molecule has 10 heteroatoms. The second kappa shape index (κ2) is 9.98. The van der Waals surface area contributed by atoms with E-state index in [0.29, 0.717) is 53.4 Å². The van der Waals surface area contributed by atoms with Gasteiger partial charge in [-0.2, -0.15) is 10.1 Å². The summed E-state index contributed by atoms with van der Waals surface area (Å²) < 4.78 is 22.3. The van der Waals surface area contributed by atoms with Gasteiger partial charge in [0.1, 0.15) is 17.6 Å². The maximum atomic E-state index is 13.2. The number of nitrogens with zero attached hydrogens (tertiary/aromatic N) is 4. The molecule has 1 aliphatic heterocycles. The molecule has 3 aromatic rings. The van der Waals surface area contributed by atoms with Crippen LogP contribution in [-0.2, 0) is 0 Å². The van der Waals surface area contributed by atoms with E-state index in [4.69, 9.17) is 18.9 Å². The molecule has 1 unspecified atom stereocenters. The number of amides is 1. The van der Waals surface area contributed by atoms with Gasteiger partial charge in [-0.05, 0) is 44.9 Å². The highest BCUT2D eigenvalue weighted by atomic mass is 16.5. The molecule has 10 nitrogen and oxygen atoms in total. The van der Waals surface area contributed by atoms with Crippen LogP contribution in [0.4, 0.5) is 0 Å². The number of rotatable bonds is 7. The summed E-state index contributed by atoms with van der Waals surface area (Å²) in [5, 5.41) is 7.21. The van der Waals surface area contributed by atoms with E-state index >= 15 is 0 Å². The summed E-state index contributed by atoms with van der Waals surface area (Å²) >= 11 is 0. The van der Waals surface area contributed by atoms with Crippen LogP contribution in [0.3, 0.4) is 0 Å². The van der Waals surface area contributed by atoms with E-state index in [1.54, 1.807) is 44.4 Å². The lowest BCUT2D eigenvalue weighted by atomic mass is 10.1. The smallest absolute Gasteiger partial charge is 0.272 e. The number of hydrogen-bond donors (Lipinski definition) is 1. The minimum atomic E-state index is -0.135. The van der Waals surface area contributed by atoms with Crippen molar-refractivity contribution in [2.24, 2.45) is 0 Å². The van der Waals surface area contributed by atoms with E-state index < -0.39 is 0 Å². The summed E-state index contributed by atoms with van der Waals surface area (Å²) in [5.74, 6) is 2.59. The summed E-state index contributed by atoms with van der Waals surface area (Å²) in [6, 6.07) is 7.13. The Morgan fingerprint density at radius 3 is 2.41 bits per heavy atom.